The zero-order valence-corrected chi connectivity index (χ0v) is 10.8. The van der Waals surface area contributed by atoms with E-state index in [-0.39, 0.29) is 5.92 Å². The van der Waals surface area contributed by atoms with Gasteiger partial charge in [-0.15, -0.1) is 0 Å². The lowest BCUT2D eigenvalue weighted by Gasteiger charge is -2.47. The second kappa shape index (κ2) is 3.48. The molecule has 0 bridgehead atoms. The number of nitrogens with zero attached hydrogens (tertiary/aromatic N) is 1. The quantitative estimate of drug-likeness (QED) is 0.744. The van der Waals surface area contributed by atoms with Crippen LogP contribution in [0.1, 0.15) is 32.1 Å². The number of rotatable bonds is 2. The van der Waals surface area contributed by atoms with Crippen molar-refractivity contribution in [2.45, 2.75) is 37.7 Å². The van der Waals surface area contributed by atoms with Crippen LogP contribution in [0.25, 0.3) is 0 Å². The summed E-state index contributed by atoms with van der Waals surface area (Å²) in [5.41, 5.74) is -0.193. The third kappa shape index (κ3) is 1.55. The van der Waals surface area contributed by atoms with Crippen LogP contribution in [0.3, 0.4) is 0 Å². The maximum atomic E-state index is 12.4. The number of aliphatic hydroxyl groups is 1. The number of amides is 1. The summed E-state index contributed by atoms with van der Waals surface area (Å²) in [5, 5.41) is 13.6. The average molecular weight is 250 g/mol. The number of likely N-dealkylation sites (tertiary alicyclic amines) is 1. The molecule has 4 heteroatoms. The Hall–Kier alpha value is -0.610. The molecule has 100 valence electrons. The van der Waals surface area contributed by atoms with Gasteiger partial charge in [0.2, 0.25) is 5.91 Å². The minimum atomic E-state index is -0.522. The second-order valence-electron chi connectivity index (χ2n) is 6.94. The van der Waals surface area contributed by atoms with Gasteiger partial charge in [-0.25, -0.2) is 0 Å². The normalized spacial score (nSPS) is 36.3. The van der Waals surface area contributed by atoms with Gasteiger partial charge >= 0.3 is 0 Å². The Balaban J connectivity index is 1.35. The van der Waals surface area contributed by atoms with Crippen molar-refractivity contribution < 1.29 is 9.90 Å². The van der Waals surface area contributed by atoms with Gasteiger partial charge in [-0.3, -0.25) is 4.79 Å². The van der Waals surface area contributed by atoms with Crippen LogP contribution in [-0.4, -0.2) is 47.7 Å². The third-order valence-corrected chi connectivity index (χ3v) is 5.67. The summed E-state index contributed by atoms with van der Waals surface area (Å²) in [6, 6.07) is 0. The number of β-amino-alcohol motifs (C(OH)–C–C–N with tert-alkyl or cyclic N) is 1. The Labute approximate surface area is 108 Å². The standard InChI is InChI=1S/C14H22N2O2/c17-12(11-7-13(11)3-5-15-6-4-13)16-8-14(18,9-16)10-1-2-10/h10-11,15,18H,1-9H2. The zero-order valence-electron chi connectivity index (χ0n) is 10.8. The van der Waals surface area contributed by atoms with Gasteiger partial charge in [0.05, 0.1) is 13.1 Å². The minimum absolute atomic E-state index is 0.267. The van der Waals surface area contributed by atoms with E-state index in [1.165, 1.54) is 0 Å². The summed E-state index contributed by atoms with van der Waals surface area (Å²) in [5.74, 6) is 1.07. The molecule has 0 aromatic heterocycles. The van der Waals surface area contributed by atoms with Crippen molar-refractivity contribution in [3.05, 3.63) is 0 Å². The summed E-state index contributed by atoms with van der Waals surface area (Å²) >= 11 is 0. The molecule has 2 heterocycles. The summed E-state index contributed by atoms with van der Waals surface area (Å²) in [6.07, 6.45) is 5.70. The SMILES string of the molecule is O=C(C1CC12CCNCC2)N1CC(O)(C2CC2)C1. The Morgan fingerprint density at radius 1 is 1.22 bits per heavy atom. The first kappa shape index (κ1) is 11.2. The summed E-state index contributed by atoms with van der Waals surface area (Å²) in [7, 11) is 0. The topological polar surface area (TPSA) is 52.6 Å². The van der Waals surface area contributed by atoms with Crippen molar-refractivity contribution in [2.75, 3.05) is 26.2 Å². The zero-order chi connectivity index (χ0) is 12.4. The summed E-state index contributed by atoms with van der Waals surface area (Å²) in [4.78, 5) is 14.3. The molecule has 1 spiro atoms. The van der Waals surface area contributed by atoms with E-state index in [9.17, 15) is 9.90 Å². The lowest BCUT2D eigenvalue weighted by molar-refractivity contribution is -0.161. The van der Waals surface area contributed by atoms with Gasteiger partial charge in [0.1, 0.15) is 5.60 Å². The molecule has 4 aliphatic rings. The highest BCUT2D eigenvalue weighted by molar-refractivity contribution is 5.83. The molecule has 2 aliphatic carbocycles. The van der Waals surface area contributed by atoms with Crippen LogP contribution in [0.5, 0.6) is 0 Å². The Morgan fingerprint density at radius 3 is 2.50 bits per heavy atom. The van der Waals surface area contributed by atoms with Crippen LogP contribution in [0.4, 0.5) is 0 Å². The maximum Gasteiger partial charge on any atom is 0.226 e. The molecule has 1 amide bonds. The number of piperidine rings is 1. The van der Waals surface area contributed by atoms with Crippen LogP contribution < -0.4 is 5.32 Å². The molecule has 2 aliphatic heterocycles. The number of carbonyl (C=O) groups is 1. The molecule has 0 aromatic carbocycles. The molecule has 1 unspecified atom stereocenters. The highest BCUT2D eigenvalue weighted by Crippen LogP contribution is 2.60. The number of nitrogens with one attached hydrogen (secondary N) is 1. The number of hydrogen-bond acceptors (Lipinski definition) is 3. The van der Waals surface area contributed by atoms with E-state index in [0.717, 1.165) is 45.2 Å². The first-order chi connectivity index (χ1) is 8.63. The van der Waals surface area contributed by atoms with Crippen molar-refractivity contribution in [1.29, 1.82) is 0 Å². The lowest BCUT2D eigenvalue weighted by atomic mass is 9.87. The molecule has 2 saturated heterocycles. The third-order valence-electron chi connectivity index (χ3n) is 5.67. The van der Waals surface area contributed by atoms with Crippen LogP contribution in [0, 0.1) is 17.3 Å². The molecule has 18 heavy (non-hydrogen) atoms. The summed E-state index contributed by atoms with van der Waals surface area (Å²) < 4.78 is 0. The molecule has 0 aromatic rings. The van der Waals surface area contributed by atoms with Crippen molar-refractivity contribution >= 4 is 5.91 Å². The van der Waals surface area contributed by atoms with E-state index in [2.05, 4.69) is 5.32 Å². The predicted molar refractivity (Wildman–Crippen MR) is 66.9 cm³/mol. The Morgan fingerprint density at radius 2 is 1.89 bits per heavy atom. The number of hydrogen-bond donors (Lipinski definition) is 2. The van der Waals surface area contributed by atoms with Gasteiger partial charge in [-0.1, -0.05) is 0 Å². The van der Waals surface area contributed by atoms with E-state index in [0.29, 0.717) is 30.3 Å². The van der Waals surface area contributed by atoms with Gasteiger partial charge in [0.15, 0.2) is 0 Å². The summed E-state index contributed by atoms with van der Waals surface area (Å²) in [6.45, 7) is 3.33. The van der Waals surface area contributed by atoms with E-state index in [1.54, 1.807) is 0 Å². The van der Waals surface area contributed by atoms with Gasteiger partial charge < -0.3 is 15.3 Å². The smallest absolute Gasteiger partial charge is 0.226 e. The predicted octanol–water partition coefficient (Wildman–Crippen LogP) is 0.359. The average Bonchev–Trinajstić information content (AvgIpc) is 3.21. The fourth-order valence-electron chi connectivity index (χ4n) is 4.04. The molecule has 4 nitrogen and oxygen atoms in total. The monoisotopic (exact) mass is 250 g/mol. The molecular formula is C14H22N2O2. The van der Waals surface area contributed by atoms with Crippen LogP contribution in [0.2, 0.25) is 0 Å². The van der Waals surface area contributed by atoms with Crippen molar-refractivity contribution in [1.82, 2.24) is 10.2 Å². The van der Waals surface area contributed by atoms with E-state index >= 15 is 0 Å². The molecule has 4 rings (SSSR count). The van der Waals surface area contributed by atoms with E-state index < -0.39 is 5.60 Å². The molecule has 1 atom stereocenters. The van der Waals surface area contributed by atoms with Crippen LogP contribution >= 0.6 is 0 Å². The van der Waals surface area contributed by atoms with Crippen LogP contribution in [0.15, 0.2) is 0 Å². The van der Waals surface area contributed by atoms with E-state index in [4.69, 9.17) is 0 Å². The molecular weight excluding hydrogens is 228 g/mol. The Bertz CT molecular complexity index is 379. The lowest BCUT2D eigenvalue weighted by Crippen LogP contribution is -2.65. The van der Waals surface area contributed by atoms with Gasteiger partial charge in [0, 0.05) is 5.92 Å². The fraction of sp³-hybridized carbons (Fsp3) is 0.929. The van der Waals surface area contributed by atoms with Crippen LogP contribution in [-0.2, 0) is 4.79 Å². The first-order valence-electron chi connectivity index (χ1n) is 7.35. The van der Waals surface area contributed by atoms with Gasteiger partial charge in [0.25, 0.3) is 0 Å². The fourth-order valence-corrected chi connectivity index (χ4v) is 4.04. The number of carbonyl (C=O) groups excluding carboxylic acids is 1. The Kier molecular flexibility index (Phi) is 2.17. The molecule has 4 fully saturated rings. The van der Waals surface area contributed by atoms with E-state index in [1.807, 2.05) is 4.90 Å². The highest BCUT2D eigenvalue weighted by atomic mass is 16.3. The second-order valence-corrected chi connectivity index (χ2v) is 6.94. The molecule has 0 radical (unpaired) electrons. The van der Waals surface area contributed by atoms with Crippen molar-refractivity contribution in [3.8, 4) is 0 Å². The van der Waals surface area contributed by atoms with Crippen molar-refractivity contribution in [3.63, 3.8) is 0 Å². The van der Waals surface area contributed by atoms with Gasteiger partial charge in [-0.2, -0.15) is 0 Å². The van der Waals surface area contributed by atoms with Crippen molar-refractivity contribution in [2.24, 2.45) is 17.3 Å². The van der Waals surface area contributed by atoms with Gasteiger partial charge in [-0.05, 0) is 56.5 Å². The first-order valence-corrected chi connectivity index (χ1v) is 7.35. The maximum absolute atomic E-state index is 12.4. The minimum Gasteiger partial charge on any atom is -0.386 e. The highest BCUT2D eigenvalue weighted by Gasteiger charge is 2.61. The largest absolute Gasteiger partial charge is 0.386 e. The molecule has 2 saturated carbocycles. The molecule has 2 N–H and O–H groups in total.